The Balaban J connectivity index is 2.61. The lowest BCUT2D eigenvalue weighted by Gasteiger charge is -2.07. The van der Waals surface area contributed by atoms with Crippen molar-refractivity contribution in [3.05, 3.63) is 47.8 Å². The number of Topliss-reactive ketones (excluding diaryl/α,β-unsaturated/α-hetero) is 1. The predicted octanol–water partition coefficient (Wildman–Crippen LogP) is 2.07. The van der Waals surface area contributed by atoms with E-state index in [4.69, 9.17) is 0 Å². The van der Waals surface area contributed by atoms with Crippen LogP contribution in [0.2, 0.25) is 0 Å². The van der Waals surface area contributed by atoms with E-state index in [9.17, 15) is 4.79 Å². The fourth-order valence-electron chi connectivity index (χ4n) is 2.12. The molecule has 0 aliphatic heterocycles. The predicted molar refractivity (Wildman–Crippen MR) is 74.8 cm³/mol. The monoisotopic (exact) mass is 242 g/mol. The zero-order valence-electron chi connectivity index (χ0n) is 11.3. The second kappa shape index (κ2) is 4.69. The molecule has 0 unspecified atom stereocenters. The van der Waals surface area contributed by atoms with Crippen LogP contribution in [-0.2, 0) is 4.79 Å². The van der Waals surface area contributed by atoms with E-state index in [1.54, 1.807) is 0 Å². The molecule has 0 radical (unpaired) electrons. The topological polar surface area (TPSA) is 23.6 Å². The van der Waals surface area contributed by atoms with Gasteiger partial charge in [-0.05, 0) is 11.1 Å². The highest BCUT2D eigenvalue weighted by Crippen LogP contribution is 2.37. The van der Waals surface area contributed by atoms with E-state index in [1.807, 2.05) is 74.7 Å². The van der Waals surface area contributed by atoms with Crippen LogP contribution in [0.3, 0.4) is 0 Å². The van der Waals surface area contributed by atoms with Gasteiger partial charge in [-0.2, -0.15) is 0 Å². The number of ketones is 1. The molecule has 18 heavy (non-hydrogen) atoms. The molecule has 3 nitrogen and oxygen atoms in total. The number of carbonyl (C=O) groups is 1. The zero-order valence-corrected chi connectivity index (χ0v) is 11.3. The SMILES string of the molecule is CN(C)C=C1C(=O)C(=CN(C)C)c2ccccc21. The van der Waals surface area contributed by atoms with E-state index in [0.29, 0.717) is 0 Å². The lowest BCUT2D eigenvalue weighted by Crippen LogP contribution is -2.07. The summed E-state index contributed by atoms with van der Waals surface area (Å²) in [6.07, 6.45) is 3.77. The van der Waals surface area contributed by atoms with Crippen molar-refractivity contribution in [1.82, 2.24) is 9.80 Å². The minimum Gasteiger partial charge on any atom is -0.383 e. The minimum atomic E-state index is 0.0959. The molecule has 1 aliphatic rings. The Bertz CT molecular complexity index is 492. The van der Waals surface area contributed by atoms with Gasteiger partial charge >= 0.3 is 0 Å². The lowest BCUT2D eigenvalue weighted by molar-refractivity contribution is -0.108. The van der Waals surface area contributed by atoms with Crippen LogP contribution in [-0.4, -0.2) is 43.8 Å². The smallest absolute Gasteiger partial charge is 0.197 e. The Morgan fingerprint density at radius 2 is 1.22 bits per heavy atom. The van der Waals surface area contributed by atoms with Gasteiger partial charge in [-0.1, -0.05) is 24.3 Å². The molecule has 2 rings (SSSR count). The van der Waals surface area contributed by atoms with Crippen LogP contribution in [0, 0.1) is 0 Å². The molecule has 0 saturated carbocycles. The number of carbonyl (C=O) groups excluding carboxylic acids is 1. The summed E-state index contributed by atoms with van der Waals surface area (Å²) in [4.78, 5) is 16.3. The summed E-state index contributed by atoms with van der Waals surface area (Å²) >= 11 is 0. The Kier molecular flexibility index (Phi) is 3.24. The van der Waals surface area contributed by atoms with Gasteiger partial charge in [0.05, 0.1) is 0 Å². The number of rotatable bonds is 2. The van der Waals surface area contributed by atoms with Gasteiger partial charge in [0.15, 0.2) is 5.78 Å². The molecule has 3 heteroatoms. The third-order valence-electron chi connectivity index (χ3n) is 2.77. The first-order chi connectivity index (χ1) is 8.50. The molecular weight excluding hydrogens is 224 g/mol. The number of hydrogen-bond acceptors (Lipinski definition) is 3. The highest BCUT2D eigenvalue weighted by atomic mass is 16.1. The summed E-state index contributed by atoms with van der Waals surface area (Å²) in [7, 11) is 7.71. The second-order valence-corrected chi connectivity index (χ2v) is 4.89. The van der Waals surface area contributed by atoms with Crippen LogP contribution >= 0.6 is 0 Å². The lowest BCUT2D eigenvalue weighted by atomic mass is 10.1. The fourth-order valence-corrected chi connectivity index (χ4v) is 2.12. The minimum absolute atomic E-state index is 0.0959. The number of nitrogens with zero attached hydrogens (tertiary/aromatic N) is 2. The normalized spacial score (nSPS) is 18.3. The van der Waals surface area contributed by atoms with Gasteiger partial charge in [0, 0.05) is 51.7 Å². The molecule has 0 bridgehead atoms. The molecule has 0 amide bonds. The van der Waals surface area contributed by atoms with Gasteiger partial charge in [-0.15, -0.1) is 0 Å². The van der Waals surface area contributed by atoms with Crippen molar-refractivity contribution in [2.24, 2.45) is 0 Å². The van der Waals surface area contributed by atoms with Crippen molar-refractivity contribution in [2.75, 3.05) is 28.2 Å². The Hall–Kier alpha value is -2.03. The average Bonchev–Trinajstić information content (AvgIpc) is 2.54. The van der Waals surface area contributed by atoms with Gasteiger partial charge in [0.2, 0.25) is 0 Å². The Morgan fingerprint density at radius 3 is 1.56 bits per heavy atom. The van der Waals surface area contributed by atoms with Gasteiger partial charge in [0.1, 0.15) is 0 Å². The first kappa shape index (κ1) is 12.4. The molecule has 0 spiro atoms. The van der Waals surface area contributed by atoms with Gasteiger partial charge in [-0.25, -0.2) is 0 Å². The quantitative estimate of drug-likeness (QED) is 0.742. The van der Waals surface area contributed by atoms with Crippen LogP contribution in [0.25, 0.3) is 11.1 Å². The molecule has 1 aliphatic carbocycles. The molecule has 0 atom stereocenters. The van der Waals surface area contributed by atoms with Crippen LogP contribution in [0.1, 0.15) is 11.1 Å². The number of benzene rings is 1. The van der Waals surface area contributed by atoms with Crippen LogP contribution < -0.4 is 0 Å². The van der Waals surface area contributed by atoms with E-state index in [1.165, 1.54) is 0 Å². The van der Waals surface area contributed by atoms with Gasteiger partial charge < -0.3 is 9.80 Å². The van der Waals surface area contributed by atoms with Crippen molar-refractivity contribution in [3.8, 4) is 0 Å². The van der Waals surface area contributed by atoms with E-state index < -0.39 is 0 Å². The Labute approximate surface area is 108 Å². The first-order valence-corrected chi connectivity index (χ1v) is 5.91. The van der Waals surface area contributed by atoms with Crippen molar-refractivity contribution in [2.45, 2.75) is 0 Å². The van der Waals surface area contributed by atoms with Gasteiger partial charge in [0.25, 0.3) is 0 Å². The number of allylic oxidation sites excluding steroid dienone is 2. The molecule has 1 aromatic rings. The third-order valence-corrected chi connectivity index (χ3v) is 2.77. The molecule has 0 fully saturated rings. The van der Waals surface area contributed by atoms with E-state index >= 15 is 0 Å². The standard InChI is InChI=1S/C15H18N2O/c1-16(2)9-13-11-7-5-6-8-12(11)14(15(13)18)10-17(3)4/h5-10H,1-4H3. The fraction of sp³-hybridized carbons (Fsp3) is 0.267. The highest BCUT2D eigenvalue weighted by molar-refractivity contribution is 6.47. The molecule has 0 saturated heterocycles. The van der Waals surface area contributed by atoms with Crippen molar-refractivity contribution < 1.29 is 4.79 Å². The maximum absolute atomic E-state index is 12.4. The number of fused-ring (bicyclic) bond motifs is 1. The summed E-state index contributed by atoms with van der Waals surface area (Å²) in [5.74, 6) is 0.0959. The van der Waals surface area contributed by atoms with E-state index in [-0.39, 0.29) is 5.78 Å². The van der Waals surface area contributed by atoms with Crippen LogP contribution in [0.4, 0.5) is 0 Å². The molecule has 0 heterocycles. The average molecular weight is 242 g/mol. The van der Waals surface area contributed by atoms with Crippen LogP contribution in [0.15, 0.2) is 36.7 Å². The summed E-state index contributed by atoms with van der Waals surface area (Å²) in [6, 6.07) is 7.93. The molecule has 0 N–H and O–H groups in total. The molecule has 94 valence electrons. The summed E-state index contributed by atoms with van der Waals surface area (Å²) < 4.78 is 0. The van der Waals surface area contributed by atoms with Crippen molar-refractivity contribution in [3.63, 3.8) is 0 Å². The largest absolute Gasteiger partial charge is 0.383 e. The summed E-state index contributed by atoms with van der Waals surface area (Å²) in [5, 5.41) is 0. The molecular formula is C15H18N2O. The van der Waals surface area contributed by atoms with Crippen molar-refractivity contribution in [1.29, 1.82) is 0 Å². The summed E-state index contributed by atoms with van der Waals surface area (Å²) in [6.45, 7) is 0. The highest BCUT2D eigenvalue weighted by Gasteiger charge is 2.29. The number of hydrogen-bond donors (Lipinski definition) is 0. The second-order valence-electron chi connectivity index (χ2n) is 4.89. The zero-order chi connectivity index (χ0) is 13.3. The third kappa shape index (κ3) is 2.16. The Morgan fingerprint density at radius 1 is 0.833 bits per heavy atom. The maximum atomic E-state index is 12.4. The molecule has 1 aromatic carbocycles. The van der Waals surface area contributed by atoms with Crippen LogP contribution in [0.5, 0.6) is 0 Å². The van der Waals surface area contributed by atoms with Gasteiger partial charge in [-0.3, -0.25) is 4.79 Å². The molecule has 0 aromatic heterocycles. The maximum Gasteiger partial charge on any atom is 0.197 e. The van der Waals surface area contributed by atoms with E-state index in [0.717, 1.165) is 22.3 Å². The summed E-state index contributed by atoms with van der Waals surface area (Å²) in [5.41, 5.74) is 3.57. The first-order valence-electron chi connectivity index (χ1n) is 5.91. The van der Waals surface area contributed by atoms with E-state index in [2.05, 4.69) is 0 Å². The van der Waals surface area contributed by atoms with Crippen molar-refractivity contribution >= 4 is 16.9 Å².